The summed E-state index contributed by atoms with van der Waals surface area (Å²) in [6.07, 6.45) is 35.9. The molecule has 0 amide bonds. The highest BCUT2D eigenvalue weighted by atomic mass is 16.5. The van der Waals surface area contributed by atoms with E-state index in [-0.39, 0.29) is 12.1 Å². The van der Waals surface area contributed by atoms with Gasteiger partial charge in [-0.25, -0.2) is 0 Å². The number of nitrogens with zero attached hydrogens (tertiary/aromatic N) is 1. The van der Waals surface area contributed by atoms with Gasteiger partial charge in [-0.1, -0.05) is 169 Å². The van der Waals surface area contributed by atoms with Crippen LogP contribution < -0.4 is 21.5 Å². The average molecular weight is 732 g/mol. The standard InChI is InChI=1S/C45H85N3O4/c1-6-10-13-17-23-31-39(30-22-14-11-7-2)32-24-18-15-20-26-36-48(38-28-35-47-43-42(46-5)44(50)45(43)51)37-27-21-16-19-25-34-41(49)52-40(29-9-4)33-12-8-3/h39-40,46-47H,6-38H2,1-5H3. The molecule has 0 aliphatic carbocycles. The number of nitrogens with one attached hydrogen (secondary N) is 2. The van der Waals surface area contributed by atoms with Crippen LogP contribution in [-0.4, -0.2) is 50.2 Å². The molecule has 0 aliphatic rings. The van der Waals surface area contributed by atoms with Gasteiger partial charge >= 0.3 is 5.97 Å². The minimum absolute atomic E-state index is 0.0139. The predicted octanol–water partition coefficient (Wildman–Crippen LogP) is 12.0. The average Bonchev–Trinajstić information content (AvgIpc) is 3.14. The largest absolute Gasteiger partial charge is 0.462 e. The Hall–Kier alpha value is -1.89. The van der Waals surface area contributed by atoms with Crippen LogP contribution in [0.1, 0.15) is 214 Å². The zero-order valence-corrected chi connectivity index (χ0v) is 35.1. The van der Waals surface area contributed by atoms with Crippen LogP contribution in [0.2, 0.25) is 0 Å². The van der Waals surface area contributed by atoms with Crippen LogP contribution in [0.3, 0.4) is 0 Å². The molecule has 0 spiro atoms. The summed E-state index contributed by atoms with van der Waals surface area (Å²) in [5.41, 5.74) is 0.0502. The molecule has 2 N–H and O–H groups in total. The van der Waals surface area contributed by atoms with Crippen molar-refractivity contribution in [2.45, 2.75) is 220 Å². The van der Waals surface area contributed by atoms with Gasteiger partial charge in [-0.3, -0.25) is 14.4 Å². The molecule has 1 rings (SSSR count). The fraction of sp³-hybridized carbons (Fsp3) is 0.889. The van der Waals surface area contributed by atoms with Crippen molar-refractivity contribution < 1.29 is 9.53 Å². The van der Waals surface area contributed by atoms with Gasteiger partial charge in [0.2, 0.25) is 0 Å². The zero-order chi connectivity index (χ0) is 38.1. The van der Waals surface area contributed by atoms with Crippen LogP contribution >= 0.6 is 0 Å². The van der Waals surface area contributed by atoms with Crippen LogP contribution in [0.5, 0.6) is 0 Å². The lowest BCUT2D eigenvalue weighted by Gasteiger charge is -2.23. The smallest absolute Gasteiger partial charge is 0.306 e. The quantitative estimate of drug-likeness (QED) is 0.0396. The minimum Gasteiger partial charge on any atom is -0.462 e. The number of hydrogen-bond acceptors (Lipinski definition) is 7. The second kappa shape index (κ2) is 33.7. The number of carbonyl (C=O) groups excluding carboxylic acids is 1. The Morgan fingerprint density at radius 3 is 1.58 bits per heavy atom. The lowest BCUT2D eigenvalue weighted by molar-refractivity contribution is -0.150. The molecule has 2 atom stereocenters. The summed E-state index contributed by atoms with van der Waals surface area (Å²) < 4.78 is 5.78. The fourth-order valence-corrected chi connectivity index (χ4v) is 7.67. The number of hydrogen-bond donors (Lipinski definition) is 2. The van der Waals surface area contributed by atoms with Gasteiger partial charge in [0.1, 0.15) is 17.5 Å². The lowest BCUT2D eigenvalue weighted by Crippen LogP contribution is -2.37. The van der Waals surface area contributed by atoms with E-state index in [1.165, 1.54) is 122 Å². The topological polar surface area (TPSA) is 87.7 Å². The Balaban J connectivity index is 2.41. The number of carbonyl (C=O) groups is 1. The number of esters is 1. The fourth-order valence-electron chi connectivity index (χ4n) is 7.67. The number of anilines is 2. The molecule has 52 heavy (non-hydrogen) atoms. The monoisotopic (exact) mass is 732 g/mol. The molecule has 0 fully saturated rings. The van der Waals surface area contributed by atoms with E-state index in [4.69, 9.17) is 4.74 Å². The summed E-state index contributed by atoms with van der Waals surface area (Å²) in [6.45, 7) is 12.9. The van der Waals surface area contributed by atoms with E-state index in [0.717, 1.165) is 83.3 Å². The van der Waals surface area contributed by atoms with E-state index in [9.17, 15) is 14.4 Å². The maximum absolute atomic E-state index is 12.4. The molecule has 2 unspecified atom stereocenters. The van der Waals surface area contributed by atoms with E-state index < -0.39 is 10.9 Å². The highest BCUT2D eigenvalue weighted by Gasteiger charge is 2.19. The van der Waals surface area contributed by atoms with Crippen LogP contribution in [0.4, 0.5) is 11.4 Å². The summed E-state index contributed by atoms with van der Waals surface area (Å²) >= 11 is 0. The normalized spacial score (nSPS) is 12.8. The third-order valence-corrected chi connectivity index (χ3v) is 11.0. The maximum Gasteiger partial charge on any atom is 0.306 e. The van der Waals surface area contributed by atoms with Crippen molar-refractivity contribution >= 4 is 17.3 Å². The predicted molar refractivity (Wildman–Crippen MR) is 226 cm³/mol. The molecule has 304 valence electrons. The Bertz CT molecular complexity index is 1040. The Kier molecular flexibility index (Phi) is 31.2. The van der Waals surface area contributed by atoms with E-state index in [0.29, 0.717) is 24.3 Å². The molecule has 0 aliphatic heterocycles. The molecular weight excluding hydrogens is 647 g/mol. The van der Waals surface area contributed by atoms with Gasteiger partial charge < -0.3 is 20.3 Å². The van der Waals surface area contributed by atoms with Crippen molar-refractivity contribution in [2.75, 3.05) is 43.9 Å². The summed E-state index contributed by atoms with van der Waals surface area (Å²) in [7, 11) is 1.69. The van der Waals surface area contributed by atoms with Crippen molar-refractivity contribution in [3.05, 3.63) is 20.4 Å². The highest BCUT2D eigenvalue weighted by Crippen LogP contribution is 2.24. The van der Waals surface area contributed by atoms with E-state index in [2.05, 4.69) is 43.2 Å². The molecule has 7 nitrogen and oxygen atoms in total. The first-order valence-electron chi connectivity index (χ1n) is 22.6. The van der Waals surface area contributed by atoms with Gasteiger partial charge in [0.05, 0.1) is 0 Å². The van der Waals surface area contributed by atoms with Crippen molar-refractivity contribution in [1.29, 1.82) is 0 Å². The molecule has 0 aromatic heterocycles. The van der Waals surface area contributed by atoms with E-state index in [1.807, 2.05) is 0 Å². The van der Waals surface area contributed by atoms with Crippen molar-refractivity contribution in [3.8, 4) is 0 Å². The first-order chi connectivity index (χ1) is 25.4. The van der Waals surface area contributed by atoms with Crippen molar-refractivity contribution in [2.24, 2.45) is 5.92 Å². The second-order valence-electron chi connectivity index (χ2n) is 15.8. The molecular formula is C45H85N3O4. The number of unbranched alkanes of at least 4 members (excludes halogenated alkanes) is 16. The molecule has 7 heteroatoms. The second-order valence-corrected chi connectivity index (χ2v) is 15.8. The van der Waals surface area contributed by atoms with Crippen LogP contribution in [0.15, 0.2) is 9.59 Å². The molecule has 0 saturated heterocycles. The molecule has 0 radical (unpaired) electrons. The van der Waals surface area contributed by atoms with Gasteiger partial charge in [-0.2, -0.15) is 0 Å². The van der Waals surface area contributed by atoms with Gasteiger partial charge in [0, 0.05) is 20.0 Å². The molecule has 0 heterocycles. The van der Waals surface area contributed by atoms with Gasteiger partial charge in [-0.05, 0) is 64.1 Å². The van der Waals surface area contributed by atoms with Gasteiger partial charge in [-0.15, -0.1) is 0 Å². The van der Waals surface area contributed by atoms with Gasteiger partial charge in [0.15, 0.2) is 0 Å². The Labute approximate surface area is 321 Å². The van der Waals surface area contributed by atoms with Crippen molar-refractivity contribution in [3.63, 3.8) is 0 Å². The summed E-state index contributed by atoms with van der Waals surface area (Å²) in [5.74, 6) is 0.929. The first-order valence-corrected chi connectivity index (χ1v) is 22.6. The number of rotatable bonds is 39. The van der Waals surface area contributed by atoms with E-state index >= 15 is 0 Å². The third-order valence-electron chi connectivity index (χ3n) is 11.0. The van der Waals surface area contributed by atoms with Crippen molar-refractivity contribution in [1.82, 2.24) is 4.90 Å². The minimum atomic E-state index is -0.416. The molecule has 1 aromatic rings. The highest BCUT2D eigenvalue weighted by molar-refractivity contribution is 5.73. The summed E-state index contributed by atoms with van der Waals surface area (Å²) in [6, 6.07) is 0. The summed E-state index contributed by atoms with van der Waals surface area (Å²) in [4.78, 5) is 38.7. The SMILES string of the molecule is CCCCCCCC(CCCCCC)CCCCCCCN(CCCCCCCC(=O)OC(CCC)CCCC)CCCNc1c(NC)c(=O)c1=O. The van der Waals surface area contributed by atoms with Crippen LogP contribution in [-0.2, 0) is 9.53 Å². The maximum atomic E-state index is 12.4. The Morgan fingerprint density at radius 2 is 1.02 bits per heavy atom. The Morgan fingerprint density at radius 1 is 0.538 bits per heavy atom. The molecule has 0 bridgehead atoms. The van der Waals surface area contributed by atoms with Crippen LogP contribution in [0, 0.1) is 5.92 Å². The van der Waals surface area contributed by atoms with Crippen LogP contribution in [0.25, 0.3) is 0 Å². The molecule has 1 aromatic carbocycles. The zero-order valence-electron chi connectivity index (χ0n) is 35.1. The first kappa shape index (κ1) is 48.1. The summed E-state index contributed by atoms with van der Waals surface area (Å²) in [5, 5.41) is 6.06. The number of ether oxygens (including phenoxy) is 1. The third kappa shape index (κ3) is 23.7. The lowest BCUT2D eigenvalue weighted by atomic mass is 9.89. The molecule has 0 saturated carbocycles. The van der Waals surface area contributed by atoms with Gasteiger partial charge in [0.25, 0.3) is 10.9 Å². The van der Waals surface area contributed by atoms with E-state index in [1.54, 1.807) is 7.05 Å².